The molecule has 198 valence electrons. The number of aromatic nitrogens is 1. The molecule has 1 aromatic carbocycles. The van der Waals surface area contributed by atoms with E-state index < -0.39 is 0 Å². The lowest BCUT2D eigenvalue weighted by Gasteiger charge is -2.51. The Morgan fingerprint density at radius 2 is 1.84 bits per heavy atom. The zero-order valence-corrected chi connectivity index (χ0v) is 22.3. The zero-order chi connectivity index (χ0) is 26.0. The molecule has 3 aliphatic rings. The Hall–Kier alpha value is -3.13. The third kappa shape index (κ3) is 4.91. The van der Waals surface area contributed by atoms with Gasteiger partial charge < -0.3 is 19.9 Å². The molecule has 1 spiro atoms. The Morgan fingerprint density at radius 1 is 1.11 bits per heavy atom. The van der Waals surface area contributed by atoms with Gasteiger partial charge in [0.25, 0.3) is 0 Å². The van der Waals surface area contributed by atoms with Gasteiger partial charge >= 0.3 is 6.03 Å². The second-order valence-corrected chi connectivity index (χ2v) is 11.2. The van der Waals surface area contributed by atoms with Gasteiger partial charge in [-0.25, -0.2) is 9.78 Å². The Labute approximate surface area is 220 Å². The molecule has 3 fully saturated rings. The van der Waals surface area contributed by atoms with E-state index in [1.165, 1.54) is 24.8 Å². The standard InChI is InChI=1S/C29H39N5O3/c1-32(2)29(23-10-5-4-6-11-23)16-14-28(15-17-29)21-33(27(36)34(28)19-22-8-7-9-22)20-26(35)31-25-13-12-24(37-3)18-30-25/h4-6,10-13,18,22H,7-9,14-17,19-21H2,1-3H3,(H,30,31,35)/t28-,29-. The molecular weight excluding hydrogens is 466 g/mol. The summed E-state index contributed by atoms with van der Waals surface area (Å²) in [4.78, 5) is 37.1. The number of nitrogens with one attached hydrogen (secondary N) is 1. The molecular formula is C29H39N5O3. The molecule has 3 amide bonds. The zero-order valence-electron chi connectivity index (χ0n) is 22.3. The summed E-state index contributed by atoms with van der Waals surface area (Å²) in [7, 11) is 5.91. The van der Waals surface area contributed by atoms with Gasteiger partial charge in [-0.15, -0.1) is 0 Å². The van der Waals surface area contributed by atoms with Crippen LogP contribution in [-0.4, -0.2) is 78.0 Å². The largest absolute Gasteiger partial charge is 0.495 e. The third-order valence-corrected chi connectivity index (χ3v) is 8.97. The lowest BCUT2D eigenvalue weighted by atomic mass is 9.68. The summed E-state index contributed by atoms with van der Waals surface area (Å²) in [6.45, 7) is 1.44. The molecule has 2 aliphatic carbocycles. The number of rotatable bonds is 8. The summed E-state index contributed by atoms with van der Waals surface area (Å²) in [5.41, 5.74) is 1.08. The topological polar surface area (TPSA) is 78.0 Å². The molecule has 1 N–H and O–H groups in total. The Kier molecular flexibility index (Phi) is 7.12. The van der Waals surface area contributed by atoms with E-state index in [1.807, 2.05) is 0 Å². The van der Waals surface area contributed by atoms with Crippen LogP contribution in [0.3, 0.4) is 0 Å². The Bertz CT molecular complexity index is 1090. The Morgan fingerprint density at radius 3 is 2.41 bits per heavy atom. The number of pyridine rings is 1. The number of methoxy groups -OCH3 is 1. The van der Waals surface area contributed by atoms with Gasteiger partial charge in [-0.3, -0.25) is 9.69 Å². The van der Waals surface area contributed by atoms with E-state index in [4.69, 9.17) is 4.74 Å². The number of nitrogens with zero attached hydrogens (tertiary/aromatic N) is 4. The summed E-state index contributed by atoms with van der Waals surface area (Å²) < 4.78 is 5.14. The van der Waals surface area contributed by atoms with Gasteiger partial charge in [0.2, 0.25) is 5.91 Å². The first-order chi connectivity index (χ1) is 17.8. The molecule has 0 atom stereocenters. The SMILES string of the molecule is COc1ccc(NC(=O)CN2C[C@]3(CC[C@@](c4ccccc4)(N(C)C)CC3)N(CC3CCC3)C2=O)nc1. The molecule has 0 radical (unpaired) electrons. The molecule has 37 heavy (non-hydrogen) atoms. The van der Waals surface area contributed by atoms with Crippen LogP contribution in [0.15, 0.2) is 48.7 Å². The highest BCUT2D eigenvalue weighted by Gasteiger charge is 2.55. The normalized spacial score (nSPS) is 26.0. The minimum absolute atomic E-state index is 0.00167. The fourth-order valence-electron chi connectivity index (χ4n) is 6.44. The molecule has 1 saturated heterocycles. The van der Waals surface area contributed by atoms with Crippen LogP contribution in [0, 0.1) is 5.92 Å². The molecule has 0 unspecified atom stereocenters. The van der Waals surface area contributed by atoms with Gasteiger partial charge in [0.05, 0.1) is 18.8 Å². The van der Waals surface area contributed by atoms with Crippen LogP contribution < -0.4 is 10.1 Å². The quantitative estimate of drug-likeness (QED) is 0.578. The average molecular weight is 506 g/mol. The number of ether oxygens (including phenoxy) is 1. The van der Waals surface area contributed by atoms with Crippen molar-refractivity contribution in [3.63, 3.8) is 0 Å². The molecule has 2 heterocycles. The van der Waals surface area contributed by atoms with Gasteiger partial charge in [-0.1, -0.05) is 36.8 Å². The fourth-order valence-corrected chi connectivity index (χ4v) is 6.44. The van der Waals surface area contributed by atoms with E-state index in [-0.39, 0.29) is 29.6 Å². The van der Waals surface area contributed by atoms with Crippen molar-refractivity contribution in [1.82, 2.24) is 19.7 Å². The molecule has 0 bridgehead atoms. The van der Waals surface area contributed by atoms with Gasteiger partial charge in [-0.2, -0.15) is 0 Å². The number of amides is 3. The third-order valence-electron chi connectivity index (χ3n) is 8.97. The lowest BCUT2D eigenvalue weighted by Crippen LogP contribution is -2.56. The molecule has 5 rings (SSSR count). The van der Waals surface area contributed by atoms with Crippen LogP contribution in [0.5, 0.6) is 5.75 Å². The van der Waals surface area contributed by atoms with Gasteiger partial charge in [0, 0.05) is 18.6 Å². The molecule has 1 aliphatic heterocycles. The highest BCUT2D eigenvalue weighted by atomic mass is 16.5. The maximum atomic E-state index is 13.7. The van der Waals surface area contributed by atoms with Crippen molar-refractivity contribution in [3.8, 4) is 5.75 Å². The van der Waals surface area contributed by atoms with Gasteiger partial charge in [0.15, 0.2) is 0 Å². The van der Waals surface area contributed by atoms with E-state index >= 15 is 0 Å². The monoisotopic (exact) mass is 505 g/mol. The van der Waals surface area contributed by atoms with E-state index in [0.29, 0.717) is 24.0 Å². The molecule has 2 saturated carbocycles. The second-order valence-electron chi connectivity index (χ2n) is 11.2. The van der Waals surface area contributed by atoms with E-state index in [0.717, 1.165) is 32.2 Å². The van der Waals surface area contributed by atoms with Crippen molar-refractivity contribution in [2.75, 3.05) is 46.2 Å². The Balaban J connectivity index is 1.32. The van der Waals surface area contributed by atoms with Crippen LogP contribution in [0.2, 0.25) is 0 Å². The first-order valence-corrected chi connectivity index (χ1v) is 13.4. The number of urea groups is 1. The van der Waals surface area contributed by atoms with E-state index in [1.54, 1.807) is 30.3 Å². The van der Waals surface area contributed by atoms with Crippen molar-refractivity contribution in [2.24, 2.45) is 5.92 Å². The number of carbonyl (C=O) groups excluding carboxylic acids is 2. The van der Waals surface area contributed by atoms with Gasteiger partial charge in [-0.05, 0) is 76.2 Å². The summed E-state index contributed by atoms with van der Waals surface area (Å²) in [6, 6.07) is 14.2. The smallest absolute Gasteiger partial charge is 0.321 e. The lowest BCUT2D eigenvalue weighted by molar-refractivity contribution is -0.116. The highest BCUT2D eigenvalue weighted by Crippen LogP contribution is 2.49. The molecule has 2 aromatic rings. The van der Waals surface area contributed by atoms with E-state index in [2.05, 4.69) is 64.5 Å². The molecule has 8 heteroatoms. The number of benzene rings is 1. The summed E-state index contributed by atoms with van der Waals surface area (Å²) in [5.74, 6) is 1.43. The van der Waals surface area contributed by atoms with Crippen molar-refractivity contribution in [2.45, 2.75) is 56.0 Å². The minimum atomic E-state index is -0.227. The van der Waals surface area contributed by atoms with Crippen LogP contribution in [-0.2, 0) is 10.3 Å². The summed E-state index contributed by atoms with van der Waals surface area (Å²) in [5, 5.41) is 2.83. The second kappa shape index (κ2) is 10.3. The number of hydrogen-bond donors (Lipinski definition) is 1. The van der Waals surface area contributed by atoms with Crippen LogP contribution >= 0.6 is 0 Å². The van der Waals surface area contributed by atoms with Crippen LogP contribution in [0.1, 0.15) is 50.5 Å². The molecule has 8 nitrogen and oxygen atoms in total. The predicted octanol–water partition coefficient (Wildman–Crippen LogP) is 4.34. The first kappa shape index (κ1) is 25.5. The number of anilines is 1. The maximum Gasteiger partial charge on any atom is 0.321 e. The number of carbonyl (C=O) groups is 2. The molecule has 1 aromatic heterocycles. The summed E-state index contributed by atoms with van der Waals surface area (Å²) in [6.07, 6.45) is 9.01. The van der Waals surface area contributed by atoms with Crippen molar-refractivity contribution in [1.29, 1.82) is 0 Å². The summed E-state index contributed by atoms with van der Waals surface area (Å²) >= 11 is 0. The average Bonchev–Trinajstić information content (AvgIpc) is 3.12. The predicted molar refractivity (Wildman–Crippen MR) is 143 cm³/mol. The van der Waals surface area contributed by atoms with E-state index in [9.17, 15) is 9.59 Å². The van der Waals surface area contributed by atoms with Crippen molar-refractivity contribution < 1.29 is 14.3 Å². The first-order valence-electron chi connectivity index (χ1n) is 13.4. The van der Waals surface area contributed by atoms with Crippen molar-refractivity contribution >= 4 is 17.8 Å². The fraction of sp³-hybridized carbons (Fsp3) is 0.552. The number of hydrogen-bond acceptors (Lipinski definition) is 5. The maximum absolute atomic E-state index is 13.7. The van der Waals surface area contributed by atoms with Crippen LogP contribution in [0.4, 0.5) is 10.6 Å². The minimum Gasteiger partial charge on any atom is -0.495 e. The highest BCUT2D eigenvalue weighted by molar-refractivity contribution is 5.94. The van der Waals surface area contributed by atoms with Crippen LogP contribution in [0.25, 0.3) is 0 Å². The van der Waals surface area contributed by atoms with Crippen molar-refractivity contribution in [3.05, 3.63) is 54.2 Å². The van der Waals surface area contributed by atoms with Gasteiger partial charge in [0.1, 0.15) is 18.1 Å².